The Kier molecular flexibility index (Phi) is 4.60. The van der Waals surface area contributed by atoms with Crippen molar-refractivity contribution in [2.75, 3.05) is 6.54 Å². The summed E-state index contributed by atoms with van der Waals surface area (Å²) < 4.78 is 0. The van der Waals surface area contributed by atoms with Crippen LogP contribution in [0.3, 0.4) is 0 Å². The van der Waals surface area contributed by atoms with Gasteiger partial charge in [-0.15, -0.1) is 0 Å². The van der Waals surface area contributed by atoms with Crippen LogP contribution in [0.1, 0.15) is 51.4 Å². The fraction of sp³-hybridized carbons (Fsp3) is 0.292. The van der Waals surface area contributed by atoms with Crippen LogP contribution in [0.2, 0.25) is 5.02 Å². The molecule has 0 saturated carbocycles. The third-order valence-electron chi connectivity index (χ3n) is 6.44. The number of hydrazone groups is 1. The van der Waals surface area contributed by atoms with E-state index in [-0.39, 0.29) is 12.0 Å². The van der Waals surface area contributed by atoms with Crippen LogP contribution in [0.15, 0.2) is 53.7 Å². The van der Waals surface area contributed by atoms with Gasteiger partial charge in [-0.1, -0.05) is 35.9 Å². The van der Waals surface area contributed by atoms with Gasteiger partial charge in [0.2, 0.25) is 0 Å². The van der Waals surface area contributed by atoms with Crippen molar-refractivity contribution in [2.45, 2.75) is 31.2 Å². The van der Waals surface area contributed by atoms with E-state index in [0.29, 0.717) is 22.1 Å². The van der Waals surface area contributed by atoms with Crippen molar-refractivity contribution in [1.82, 2.24) is 5.01 Å². The lowest BCUT2D eigenvalue weighted by atomic mass is 9.82. The summed E-state index contributed by atoms with van der Waals surface area (Å²) in [6.07, 6.45) is 7.18. The zero-order valence-corrected chi connectivity index (χ0v) is 17.0. The molecular weight excluding hydrogens is 398 g/mol. The lowest BCUT2D eigenvalue weighted by molar-refractivity contribution is 0.0696. The van der Waals surface area contributed by atoms with E-state index in [1.807, 2.05) is 18.2 Å². The molecule has 2 aromatic carbocycles. The number of nitriles is 1. The molecule has 3 atom stereocenters. The van der Waals surface area contributed by atoms with E-state index in [4.69, 9.17) is 22.0 Å². The topological polar surface area (TPSA) is 76.7 Å². The van der Waals surface area contributed by atoms with E-state index in [1.165, 1.54) is 0 Å². The summed E-state index contributed by atoms with van der Waals surface area (Å²) in [5.74, 6) is -0.344. The first-order valence-electron chi connectivity index (χ1n) is 10.1. The second-order valence-corrected chi connectivity index (χ2v) is 8.54. The Labute approximate surface area is 179 Å². The number of benzene rings is 2. The minimum atomic E-state index is -0.893. The Bertz CT molecular complexity index is 1150. The Morgan fingerprint density at radius 3 is 2.90 bits per heavy atom. The molecule has 3 aliphatic rings. The van der Waals surface area contributed by atoms with Crippen LogP contribution >= 0.6 is 11.6 Å². The van der Waals surface area contributed by atoms with Gasteiger partial charge in [-0.3, -0.25) is 5.01 Å². The molecule has 3 unspecified atom stereocenters. The van der Waals surface area contributed by atoms with Gasteiger partial charge in [0.05, 0.1) is 27.9 Å². The number of carbonyl (C=O) groups is 1. The monoisotopic (exact) mass is 417 g/mol. The van der Waals surface area contributed by atoms with E-state index in [0.717, 1.165) is 48.2 Å². The first-order chi connectivity index (χ1) is 14.5. The van der Waals surface area contributed by atoms with Gasteiger partial charge in [-0.2, -0.15) is 10.4 Å². The molecule has 150 valence electrons. The van der Waals surface area contributed by atoms with Crippen LogP contribution in [0.5, 0.6) is 0 Å². The second-order valence-electron chi connectivity index (χ2n) is 8.13. The van der Waals surface area contributed by atoms with Crippen molar-refractivity contribution in [1.29, 1.82) is 5.26 Å². The highest BCUT2D eigenvalue weighted by atomic mass is 35.5. The number of aromatic carboxylic acids is 1. The van der Waals surface area contributed by atoms with Gasteiger partial charge in [0.25, 0.3) is 0 Å². The van der Waals surface area contributed by atoms with Crippen molar-refractivity contribution >= 4 is 23.3 Å². The molecule has 2 aliphatic carbocycles. The van der Waals surface area contributed by atoms with Crippen LogP contribution in [-0.2, 0) is 6.42 Å². The smallest absolute Gasteiger partial charge is 0.335 e. The van der Waals surface area contributed by atoms with Crippen LogP contribution in [-0.4, -0.2) is 34.4 Å². The van der Waals surface area contributed by atoms with E-state index < -0.39 is 5.97 Å². The quantitative estimate of drug-likeness (QED) is 0.740. The van der Waals surface area contributed by atoms with Crippen LogP contribution < -0.4 is 0 Å². The lowest BCUT2D eigenvalue weighted by Crippen LogP contribution is -2.33. The molecule has 1 N–H and O–H groups in total. The predicted molar refractivity (Wildman–Crippen MR) is 115 cm³/mol. The molecule has 0 bridgehead atoms. The average Bonchev–Trinajstić information content (AvgIpc) is 3.40. The van der Waals surface area contributed by atoms with Gasteiger partial charge >= 0.3 is 5.97 Å². The molecule has 5 rings (SSSR count). The zero-order chi connectivity index (χ0) is 20.8. The van der Waals surface area contributed by atoms with E-state index >= 15 is 0 Å². The number of fused-ring (bicyclic) bond motifs is 3. The maximum absolute atomic E-state index is 11.3. The van der Waals surface area contributed by atoms with Crippen molar-refractivity contribution in [3.05, 3.63) is 81.4 Å². The minimum absolute atomic E-state index is 0.175. The van der Waals surface area contributed by atoms with Gasteiger partial charge in [0.15, 0.2) is 0 Å². The highest BCUT2D eigenvalue weighted by Crippen LogP contribution is 2.39. The van der Waals surface area contributed by atoms with Crippen molar-refractivity contribution in [3.8, 4) is 6.07 Å². The SMILES string of the molecule is N#Cc1ccc(C2C=CCC2N2CC3CCc4cc(C(=O)O)ccc4C3=N2)cc1Cl. The Morgan fingerprint density at radius 2 is 2.13 bits per heavy atom. The standard InChI is InChI=1S/C24H20ClN3O2/c25-21-11-15(4-6-17(21)12-26)19-2-1-3-22(19)28-13-18-7-5-14-10-16(24(29)30)8-9-20(14)23(18)27-28/h1-2,4,6,8-11,18-19,22H,3,5,7,13H2,(H,29,30). The molecule has 1 heterocycles. The average molecular weight is 418 g/mol. The summed E-state index contributed by atoms with van der Waals surface area (Å²) in [5, 5.41) is 26.1. The number of carboxylic acids is 1. The minimum Gasteiger partial charge on any atom is -0.478 e. The van der Waals surface area contributed by atoms with Crippen molar-refractivity contribution in [3.63, 3.8) is 0 Å². The highest BCUT2D eigenvalue weighted by Gasteiger charge is 2.38. The number of halogens is 1. The molecule has 30 heavy (non-hydrogen) atoms. The van der Waals surface area contributed by atoms with Gasteiger partial charge < -0.3 is 5.11 Å². The lowest BCUT2D eigenvalue weighted by Gasteiger charge is -2.29. The number of nitrogens with zero attached hydrogens (tertiary/aromatic N) is 3. The number of hydrogen-bond donors (Lipinski definition) is 1. The molecule has 2 aromatic rings. The molecule has 0 saturated heterocycles. The summed E-state index contributed by atoms with van der Waals surface area (Å²) >= 11 is 6.28. The Morgan fingerprint density at radius 1 is 1.27 bits per heavy atom. The fourth-order valence-electron chi connectivity index (χ4n) is 4.91. The third-order valence-corrected chi connectivity index (χ3v) is 6.75. The molecule has 0 radical (unpaired) electrons. The number of aryl methyl sites for hydroxylation is 1. The van der Waals surface area contributed by atoms with E-state index in [1.54, 1.807) is 18.2 Å². The molecule has 5 nitrogen and oxygen atoms in total. The van der Waals surface area contributed by atoms with Gasteiger partial charge in [0, 0.05) is 23.9 Å². The van der Waals surface area contributed by atoms with Gasteiger partial charge in [0.1, 0.15) is 6.07 Å². The summed E-state index contributed by atoms with van der Waals surface area (Å²) in [7, 11) is 0. The molecule has 0 spiro atoms. The number of rotatable bonds is 3. The molecule has 6 heteroatoms. The first kappa shape index (κ1) is 18.9. The fourth-order valence-corrected chi connectivity index (χ4v) is 5.14. The second kappa shape index (κ2) is 7.30. The van der Waals surface area contributed by atoms with Crippen LogP contribution in [0, 0.1) is 17.2 Å². The van der Waals surface area contributed by atoms with Crippen molar-refractivity contribution < 1.29 is 9.90 Å². The summed E-state index contributed by atoms with van der Waals surface area (Å²) in [6, 6.07) is 13.4. The van der Waals surface area contributed by atoms with Crippen LogP contribution in [0.4, 0.5) is 0 Å². The Hall–Kier alpha value is -3.10. The predicted octanol–water partition coefficient (Wildman–Crippen LogP) is 4.60. The summed E-state index contributed by atoms with van der Waals surface area (Å²) in [6.45, 7) is 0.877. The van der Waals surface area contributed by atoms with E-state index in [2.05, 4.69) is 23.2 Å². The number of hydrogen-bond acceptors (Lipinski definition) is 4. The maximum atomic E-state index is 11.3. The van der Waals surface area contributed by atoms with Crippen molar-refractivity contribution in [2.24, 2.45) is 11.0 Å². The maximum Gasteiger partial charge on any atom is 0.335 e. The molecule has 1 aliphatic heterocycles. The van der Waals surface area contributed by atoms with Crippen LogP contribution in [0.25, 0.3) is 0 Å². The largest absolute Gasteiger partial charge is 0.478 e. The molecule has 0 fully saturated rings. The number of carboxylic acid groups (broad SMARTS) is 1. The summed E-state index contributed by atoms with van der Waals surface area (Å²) in [5.41, 5.74) is 5.16. The van der Waals surface area contributed by atoms with Gasteiger partial charge in [-0.05, 0) is 54.7 Å². The Balaban J connectivity index is 1.44. The first-order valence-corrected chi connectivity index (χ1v) is 10.5. The third kappa shape index (κ3) is 3.09. The molecule has 0 amide bonds. The summed E-state index contributed by atoms with van der Waals surface area (Å²) in [4.78, 5) is 11.3. The molecular formula is C24H20ClN3O2. The van der Waals surface area contributed by atoms with Gasteiger partial charge in [-0.25, -0.2) is 4.79 Å². The molecule has 0 aromatic heterocycles. The highest BCUT2D eigenvalue weighted by molar-refractivity contribution is 6.31. The zero-order valence-electron chi connectivity index (χ0n) is 16.3. The van der Waals surface area contributed by atoms with E-state index in [9.17, 15) is 9.90 Å². The normalized spacial score (nSPS) is 24.2.